The molecule has 0 heterocycles. The average Bonchev–Trinajstić information content (AvgIpc) is 2.65. The van der Waals surface area contributed by atoms with Gasteiger partial charge in [0.05, 0.1) is 0 Å². The third kappa shape index (κ3) is 1.33. The van der Waals surface area contributed by atoms with Crippen molar-refractivity contribution in [3.05, 3.63) is 0 Å². The maximum absolute atomic E-state index is 1.59. The molecule has 0 unspecified atom stereocenters. The Kier molecular flexibility index (Phi) is 2.11. The minimum atomic E-state index is 1.16. The number of hydrogen-bond donors (Lipinski definition) is 0. The summed E-state index contributed by atoms with van der Waals surface area (Å²) in [6.07, 6.45) is 14.2. The van der Waals surface area contributed by atoms with Gasteiger partial charge in [0.15, 0.2) is 0 Å². The topological polar surface area (TPSA) is 0 Å². The lowest BCUT2D eigenvalue weighted by Crippen LogP contribution is -2.33. The molecule has 0 amide bonds. The molecule has 0 bridgehead atoms. The van der Waals surface area contributed by atoms with Crippen LogP contribution in [0.3, 0.4) is 0 Å². The summed E-state index contributed by atoms with van der Waals surface area (Å²) in [7, 11) is 0. The molecule has 13 heavy (non-hydrogen) atoms. The molecule has 3 rings (SSSR count). The van der Waals surface area contributed by atoms with Crippen LogP contribution < -0.4 is 0 Å². The highest BCUT2D eigenvalue weighted by Gasteiger charge is 2.41. The average molecular weight is 178 g/mol. The molecule has 0 aliphatic heterocycles. The molecule has 0 nitrogen and oxygen atoms in total. The molecule has 0 aromatic rings. The molecule has 0 spiro atoms. The largest absolute Gasteiger partial charge is 0.0530 e. The lowest BCUT2D eigenvalue weighted by atomic mass is 9.62. The van der Waals surface area contributed by atoms with Crippen LogP contribution in [-0.4, -0.2) is 0 Å². The second kappa shape index (κ2) is 3.29. The molecule has 0 radical (unpaired) electrons. The molecule has 0 heteroatoms. The van der Waals surface area contributed by atoms with E-state index in [1.165, 1.54) is 17.8 Å². The number of fused-ring (bicyclic) bond motifs is 3. The van der Waals surface area contributed by atoms with Gasteiger partial charge in [-0.05, 0) is 49.4 Å². The van der Waals surface area contributed by atoms with E-state index in [1.807, 2.05) is 0 Å². The minimum Gasteiger partial charge on any atom is -0.0530 e. The van der Waals surface area contributed by atoms with E-state index < -0.39 is 0 Å². The predicted octanol–water partition coefficient (Wildman–Crippen LogP) is 4.00. The third-order valence-electron chi connectivity index (χ3n) is 5.14. The summed E-state index contributed by atoms with van der Waals surface area (Å²) in [5.41, 5.74) is 0. The van der Waals surface area contributed by atoms with E-state index in [0.717, 1.165) is 5.92 Å². The Labute approximate surface area is 82.1 Å². The van der Waals surface area contributed by atoms with Gasteiger partial charge in [-0.25, -0.2) is 0 Å². The first-order chi connectivity index (χ1) is 6.45. The first kappa shape index (κ1) is 8.32. The Morgan fingerprint density at radius 3 is 1.77 bits per heavy atom. The van der Waals surface area contributed by atoms with Gasteiger partial charge in [-0.15, -0.1) is 0 Å². The van der Waals surface area contributed by atoms with Crippen LogP contribution in [0.2, 0.25) is 0 Å². The molecule has 4 atom stereocenters. The van der Waals surface area contributed by atoms with Gasteiger partial charge in [-0.2, -0.15) is 0 Å². The van der Waals surface area contributed by atoms with Crippen molar-refractivity contribution in [2.24, 2.45) is 23.7 Å². The SMILES string of the molecule is C1CC[C@H]2[C@@H](C1)CC[C@H]1CCC[C@H]12. The van der Waals surface area contributed by atoms with Crippen LogP contribution in [0.15, 0.2) is 0 Å². The fourth-order valence-corrected chi connectivity index (χ4v) is 4.57. The van der Waals surface area contributed by atoms with Crippen molar-refractivity contribution in [1.29, 1.82) is 0 Å². The molecule has 0 aromatic heterocycles. The second-order valence-electron chi connectivity index (χ2n) is 5.64. The fourth-order valence-electron chi connectivity index (χ4n) is 4.57. The van der Waals surface area contributed by atoms with E-state index in [0.29, 0.717) is 0 Å². The number of hydrogen-bond acceptors (Lipinski definition) is 0. The van der Waals surface area contributed by atoms with E-state index in [4.69, 9.17) is 0 Å². The normalized spacial score (nSPS) is 49.8. The molecule has 3 saturated carbocycles. The molecule has 74 valence electrons. The van der Waals surface area contributed by atoms with Gasteiger partial charge in [0, 0.05) is 0 Å². The first-order valence-electron chi connectivity index (χ1n) is 6.45. The standard InChI is InChI=1S/C13H22/c1-2-6-12-10(4-1)8-9-11-5-3-7-13(11)12/h10-13H,1-9H2/t10-,11+,12-,13+/m0/s1. The van der Waals surface area contributed by atoms with Crippen LogP contribution in [0.1, 0.15) is 57.8 Å². The van der Waals surface area contributed by atoms with Crippen LogP contribution in [0.4, 0.5) is 0 Å². The molecule has 3 fully saturated rings. The van der Waals surface area contributed by atoms with Crippen molar-refractivity contribution in [2.75, 3.05) is 0 Å². The van der Waals surface area contributed by atoms with E-state index in [-0.39, 0.29) is 0 Å². The third-order valence-corrected chi connectivity index (χ3v) is 5.14. The Morgan fingerprint density at radius 2 is 1.00 bits per heavy atom. The lowest BCUT2D eigenvalue weighted by Gasteiger charge is -2.43. The van der Waals surface area contributed by atoms with Crippen molar-refractivity contribution in [2.45, 2.75) is 57.8 Å². The Morgan fingerprint density at radius 1 is 0.462 bits per heavy atom. The maximum Gasteiger partial charge on any atom is -0.0355 e. The Balaban J connectivity index is 1.77. The van der Waals surface area contributed by atoms with Gasteiger partial charge in [-0.3, -0.25) is 0 Å². The van der Waals surface area contributed by atoms with Gasteiger partial charge in [0.1, 0.15) is 0 Å². The van der Waals surface area contributed by atoms with Crippen LogP contribution in [0, 0.1) is 23.7 Å². The molecule has 0 N–H and O–H groups in total. The van der Waals surface area contributed by atoms with E-state index in [2.05, 4.69) is 0 Å². The molecular weight excluding hydrogens is 156 g/mol. The molecule has 3 aliphatic rings. The highest BCUT2D eigenvalue weighted by molar-refractivity contribution is 4.92. The quantitative estimate of drug-likeness (QED) is 0.526. The second-order valence-corrected chi connectivity index (χ2v) is 5.64. The van der Waals surface area contributed by atoms with Gasteiger partial charge in [-0.1, -0.05) is 32.1 Å². The first-order valence-corrected chi connectivity index (χ1v) is 6.45. The van der Waals surface area contributed by atoms with Crippen molar-refractivity contribution in [1.82, 2.24) is 0 Å². The highest BCUT2D eigenvalue weighted by Crippen LogP contribution is 2.52. The summed E-state index contributed by atoms with van der Waals surface area (Å²) in [6, 6.07) is 0. The van der Waals surface area contributed by atoms with Gasteiger partial charge in [0.25, 0.3) is 0 Å². The molecular formula is C13H22. The Hall–Kier alpha value is 0. The molecule has 0 aromatic carbocycles. The summed E-state index contributed by atoms with van der Waals surface area (Å²) < 4.78 is 0. The smallest absolute Gasteiger partial charge is 0.0355 e. The van der Waals surface area contributed by atoms with Crippen molar-refractivity contribution < 1.29 is 0 Å². The van der Waals surface area contributed by atoms with Crippen molar-refractivity contribution in [3.63, 3.8) is 0 Å². The van der Waals surface area contributed by atoms with Crippen LogP contribution in [-0.2, 0) is 0 Å². The van der Waals surface area contributed by atoms with Gasteiger partial charge >= 0.3 is 0 Å². The van der Waals surface area contributed by atoms with Gasteiger partial charge in [0.2, 0.25) is 0 Å². The van der Waals surface area contributed by atoms with E-state index in [9.17, 15) is 0 Å². The van der Waals surface area contributed by atoms with Crippen LogP contribution in [0.5, 0.6) is 0 Å². The zero-order chi connectivity index (χ0) is 8.67. The summed E-state index contributed by atoms with van der Waals surface area (Å²) in [6.45, 7) is 0. The van der Waals surface area contributed by atoms with Crippen LogP contribution >= 0.6 is 0 Å². The maximum atomic E-state index is 1.59. The van der Waals surface area contributed by atoms with Crippen molar-refractivity contribution >= 4 is 0 Å². The zero-order valence-corrected chi connectivity index (χ0v) is 8.67. The Bertz CT molecular complexity index is 184. The van der Waals surface area contributed by atoms with Gasteiger partial charge < -0.3 is 0 Å². The summed E-state index contributed by atoms with van der Waals surface area (Å²) in [5.74, 6) is 4.68. The fraction of sp³-hybridized carbons (Fsp3) is 1.00. The van der Waals surface area contributed by atoms with Crippen LogP contribution in [0.25, 0.3) is 0 Å². The monoisotopic (exact) mass is 178 g/mol. The number of rotatable bonds is 0. The predicted molar refractivity (Wildman–Crippen MR) is 55.5 cm³/mol. The highest BCUT2D eigenvalue weighted by atomic mass is 14.5. The minimum absolute atomic E-state index is 1.16. The van der Waals surface area contributed by atoms with E-state index in [1.54, 1.807) is 57.8 Å². The summed E-state index contributed by atoms with van der Waals surface area (Å²) in [5, 5.41) is 0. The van der Waals surface area contributed by atoms with Crippen molar-refractivity contribution in [3.8, 4) is 0 Å². The van der Waals surface area contributed by atoms with E-state index >= 15 is 0 Å². The lowest BCUT2D eigenvalue weighted by molar-refractivity contribution is 0.0729. The summed E-state index contributed by atoms with van der Waals surface area (Å²) >= 11 is 0. The summed E-state index contributed by atoms with van der Waals surface area (Å²) in [4.78, 5) is 0. The molecule has 3 aliphatic carbocycles. The molecule has 0 saturated heterocycles. The zero-order valence-electron chi connectivity index (χ0n) is 8.67.